The van der Waals surface area contributed by atoms with Crippen LogP contribution in [0.3, 0.4) is 0 Å². The minimum absolute atomic E-state index is 0.125. The van der Waals surface area contributed by atoms with Gasteiger partial charge in [0.25, 0.3) is 0 Å². The summed E-state index contributed by atoms with van der Waals surface area (Å²) >= 11 is 0. The zero-order valence-electron chi connectivity index (χ0n) is 15.9. The third-order valence-corrected chi connectivity index (χ3v) is 6.36. The van der Waals surface area contributed by atoms with Crippen molar-refractivity contribution >= 4 is 23.3 Å². The van der Waals surface area contributed by atoms with Crippen LogP contribution in [0.5, 0.6) is 0 Å². The quantitative estimate of drug-likeness (QED) is 0.607. The lowest BCUT2D eigenvalue weighted by molar-refractivity contribution is -0.153. The molecule has 0 amide bonds. The van der Waals surface area contributed by atoms with Crippen LogP contribution in [0.2, 0.25) is 0 Å². The van der Waals surface area contributed by atoms with Gasteiger partial charge in [0.2, 0.25) is 0 Å². The minimum Gasteiger partial charge on any atom is -0.393 e. The van der Waals surface area contributed by atoms with Crippen LogP contribution in [-0.2, 0) is 14.3 Å². The maximum atomic E-state index is 12.6. The third-order valence-electron chi connectivity index (χ3n) is 6.36. The van der Waals surface area contributed by atoms with E-state index in [4.69, 9.17) is 4.74 Å². The van der Waals surface area contributed by atoms with Crippen molar-refractivity contribution < 1.29 is 14.3 Å². The number of benzene rings is 2. The van der Waals surface area contributed by atoms with Gasteiger partial charge in [0, 0.05) is 51.4 Å². The predicted octanol–water partition coefficient (Wildman–Crippen LogP) is 2.73. The minimum atomic E-state index is -0.412. The molecule has 138 valence electrons. The molecule has 0 N–H and O–H groups in total. The van der Waals surface area contributed by atoms with Gasteiger partial charge in [-0.05, 0) is 46.5 Å². The summed E-state index contributed by atoms with van der Waals surface area (Å²) in [5.41, 5.74) is 6.82. The van der Waals surface area contributed by atoms with Gasteiger partial charge in [-0.1, -0.05) is 12.1 Å². The Labute approximate surface area is 158 Å². The first-order chi connectivity index (χ1) is 12.9. The molecule has 1 heterocycles. The number of carbonyl (C=O) groups excluding carboxylic acids is 2. The zero-order chi connectivity index (χ0) is 19.0. The highest BCUT2D eigenvalue weighted by molar-refractivity contribution is 6.00. The molecular weight excluding hydrogens is 340 g/mol. The van der Waals surface area contributed by atoms with E-state index in [2.05, 4.69) is 46.2 Å². The second-order valence-electron chi connectivity index (χ2n) is 8.16. The fraction of sp³-hybridized carbons (Fsp3) is 0.364. The molecule has 1 aliphatic heterocycles. The number of cyclic esters (lactones) is 2. The standard InChI is InChI=1S/C22H22N2O3/c1-23(2)11-5-7-13-15(9-11)17-14-8-6-12(24(3)4)10-16(14)18(13)20-19(17)21(25)27-22(20)26/h5-10,17-20H,1-4H3. The van der Waals surface area contributed by atoms with Gasteiger partial charge in [0.05, 0.1) is 11.8 Å². The van der Waals surface area contributed by atoms with E-state index < -0.39 is 11.8 Å². The maximum absolute atomic E-state index is 12.6. The van der Waals surface area contributed by atoms with Crippen molar-refractivity contribution in [3.05, 3.63) is 58.7 Å². The van der Waals surface area contributed by atoms with Gasteiger partial charge in [0.1, 0.15) is 0 Å². The summed E-state index contributed by atoms with van der Waals surface area (Å²) in [5.74, 6) is -1.82. The third kappa shape index (κ3) is 2.05. The van der Waals surface area contributed by atoms with Gasteiger partial charge in [-0.15, -0.1) is 0 Å². The van der Waals surface area contributed by atoms with E-state index in [0.29, 0.717) is 0 Å². The molecule has 2 aromatic rings. The highest BCUT2D eigenvalue weighted by Gasteiger charge is 2.60. The molecule has 27 heavy (non-hydrogen) atoms. The van der Waals surface area contributed by atoms with Crippen LogP contribution in [-0.4, -0.2) is 40.1 Å². The van der Waals surface area contributed by atoms with Crippen molar-refractivity contribution in [1.82, 2.24) is 0 Å². The summed E-state index contributed by atoms with van der Waals surface area (Å²) in [4.78, 5) is 29.2. The van der Waals surface area contributed by atoms with Gasteiger partial charge in [0.15, 0.2) is 0 Å². The van der Waals surface area contributed by atoms with Gasteiger partial charge in [-0.25, -0.2) is 0 Å². The smallest absolute Gasteiger partial charge is 0.318 e. The molecule has 0 radical (unpaired) electrons. The molecule has 5 heteroatoms. The second-order valence-corrected chi connectivity index (χ2v) is 8.16. The van der Waals surface area contributed by atoms with Crippen LogP contribution in [0.25, 0.3) is 0 Å². The Morgan fingerprint density at radius 2 is 1.07 bits per heavy atom. The van der Waals surface area contributed by atoms with Gasteiger partial charge < -0.3 is 14.5 Å². The van der Waals surface area contributed by atoms with Crippen molar-refractivity contribution in [3.8, 4) is 0 Å². The maximum Gasteiger partial charge on any atom is 0.318 e. The molecule has 4 aliphatic rings. The molecule has 4 unspecified atom stereocenters. The Kier molecular flexibility index (Phi) is 3.24. The number of carbonyl (C=O) groups is 2. The van der Waals surface area contributed by atoms with E-state index in [1.54, 1.807) is 0 Å². The van der Waals surface area contributed by atoms with Crippen LogP contribution >= 0.6 is 0 Å². The van der Waals surface area contributed by atoms with E-state index in [9.17, 15) is 9.59 Å². The van der Waals surface area contributed by atoms with E-state index in [-0.39, 0.29) is 23.8 Å². The van der Waals surface area contributed by atoms with Crippen LogP contribution < -0.4 is 9.80 Å². The SMILES string of the molecule is CN(C)c1ccc2c(c1)C1c3ccc(N(C)C)cc3C2C2C(=O)OC(=O)C12. The zero-order valence-corrected chi connectivity index (χ0v) is 15.9. The molecule has 2 bridgehead atoms. The number of rotatable bonds is 2. The van der Waals surface area contributed by atoms with E-state index in [1.807, 2.05) is 28.2 Å². The molecule has 1 fully saturated rings. The predicted molar refractivity (Wildman–Crippen MR) is 103 cm³/mol. The fourth-order valence-electron chi connectivity index (χ4n) is 5.11. The Hall–Kier alpha value is -2.82. The average Bonchev–Trinajstić information content (AvgIpc) is 2.95. The van der Waals surface area contributed by atoms with Gasteiger partial charge in [-0.2, -0.15) is 0 Å². The molecule has 0 spiro atoms. The van der Waals surface area contributed by atoms with Crippen molar-refractivity contribution in [2.45, 2.75) is 11.8 Å². The molecule has 3 aliphatic carbocycles. The number of ether oxygens (including phenoxy) is 1. The normalized spacial score (nSPS) is 27.0. The molecule has 0 aromatic heterocycles. The van der Waals surface area contributed by atoms with Crippen molar-refractivity contribution in [2.24, 2.45) is 11.8 Å². The number of esters is 2. The van der Waals surface area contributed by atoms with Crippen LogP contribution in [0, 0.1) is 11.8 Å². The second kappa shape index (κ2) is 5.35. The number of nitrogens with zero attached hydrogens (tertiary/aromatic N) is 2. The van der Waals surface area contributed by atoms with Gasteiger partial charge >= 0.3 is 11.9 Å². The average molecular weight is 362 g/mol. The first-order valence-corrected chi connectivity index (χ1v) is 9.26. The van der Waals surface area contributed by atoms with E-state index >= 15 is 0 Å². The summed E-state index contributed by atoms with van der Waals surface area (Å²) in [6.07, 6.45) is 0. The summed E-state index contributed by atoms with van der Waals surface area (Å²) in [5, 5.41) is 0. The lowest BCUT2D eigenvalue weighted by atomic mass is 9.55. The Bertz CT molecular complexity index is 916. The van der Waals surface area contributed by atoms with E-state index in [0.717, 1.165) is 33.6 Å². The van der Waals surface area contributed by atoms with Crippen LogP contribution in [0.4, 0.5) is 11.4 Å². The van der Waals surface area contributed by atoms with Crippen LogP contribution in [0.15, 0.2) is 36.4 Å². The highest BCUT2D eigenvalue weighted by atomic mass is 16.6. The first kappa shape index (κ1) is 16.4. The topological polar surface area (TPSA) is 49.9 Å². The molecule has 6 rings (SSSR count). The molecule has 2 aromatic carbocycles. The molecule has 0 saturated carbocycles. The lowest BCUT2D eigenvalue weighted by Gasteiger charge is -2.45. The van der Waals surface area contributed by atoms with Crippen molar-refractivity contribution in [1.29, 1.82) is 0 Å². The number of hydrogen-bond donors (Lipinski definition) is 0. The largest absolute Gasteiger partial charge is 0.393 e. The summed E-state index contributed by atoms with van der Waals surface area (Å²) in [7, 11) is 8.04. The van der Waals surface area contributed by atoms with E-state index in [1.165, 1.54) is 0 Å². The summed E-state index contributed by atoms with van der Waals surface area (Å²) in [6, 6.07) is 12.8. The highest BCUT2D eigenvalue weighted by Crippen LogP contribution is 2.61. The van der Waals surface area contributed by atoms with Gasteiger partial charge in [-0.3, -0.25) is 9.59 Å². The fourth-order valence-corrected chi connectivity index (χ4v) is 5.11. The molecule has 5 nitrogen and oxygen atoms in total. The summed E-state index contributed by atoms with van der Waals surface area (Å²) in [6.45, 7) is 0. The summed E-state index contributed by atoms with van der Waals surface area (Å²) < 4.78 is 5.11. The number of hydrogen-bond acceptors (Lipinski definition) is 5. The molecule has 4 atom stereocenters. The van der Waals surface area contributed by atoms with Crippen molar-refractivity contribution in [3.63, 3.8) is 0 Å². The van der Waals surface area contributed by atoms with Crippen LogP contribution in [0.1, 0.15) is 34.1 Å². The Morgan fingerprint density at radius 3 is 1.44 bits per heavy atom. The lowest BCUT2D eigenvalue weighted by Crippen LogP contribution is -2.41. The number of anilines is 2. The monoisotopic (exact) mass is 362 g/mol. The molecule has 1 saturated heterocycles. The Morgan fingerprint density at radius 1 is 0.667 bits per heavy atom. The van der Waals surface area contributed by atoms with Crippen molar-refractivity contribution in [2.75, 3.05) is 38.0 Å². The molecular formula is C22H22N2O3. The first-order valence-electron chi connectivity index (χ1n) is 9.26. The Balaban J connectivity index is 1.78.